The molecule has 1 aromatic heterocycles. The molecule has 0 bridgehead atoms. The van der Waals surface area contributed by atoms with Crippen molar-refractivity contribution in [1.82, 2.24) is 4.98 Å². The molecular weight excluding hydrogens is 398 g/mol. The van der Waals surface area contributed by atoms with E-state index in [1.165, 1.54) is 23.5 Å². The van der Waals surface area contributed by atoms with E-state index in [1.54, 1.807) is 5.38 Å². The molecule has 3 aromatic rings. The summed E-state index contributed by atoms with van der Waals surface area (Å²) in [5.74, 6) is -0.422. The monoisotopic (exact) mass is 413 g/mol. The van der Waals surface area contributed by atoms with Crippen LogP contribution in [0.1, 0.15) is 22.4 Å². The van der Waals surface area contributed by atoms with Crippen LogP contribution in [0.2, 0.25) is 0 Å². The molecule has 0 saturated heterocycles. The molecule has 148 valence electrons. The molecule has 0 fully saturated rings. The molecule has 0 amide bonds. The average molecular weight is 413 g/mol. The first kappa shape index (κ1) is 20.2. The van der Waals surface area contributed by atoms with E-state index in [0.29, 0.717) is 16.3 Å². The van der Waals surface area contributed by atoms with Gasteiger partial charge in [0.15, 0.2) is 0 Å². The van der Waals surface area contributed by atoms with Crippen molar-refractivity contribution in [3.63, 3.8) is 0 Å². The highest BCUT2D eigenvalue weighted by molar-refractivity contribution is 7.13. The van der Waals surface area contributed by atoms with Crippen LogP contribution in [-0.2, 0) is 26.0 Å². The maximum absolute atomic E-state index is 13.5. The quantitative estimate of drug-likeness (QED) is 0.583. The number of rotatable bonds is 6. The molecule has 0 spiro atoms. The highest BCUT2D eigenvalue weighted by Crippen LogP contribution is 2.32. The van der Waals surface area contributed by atoms with Gasteiger partial charge in [0.25, 0.3) is 0 Å². The summed E-state index contributed by atoms with van der Waals surface area (Å²) in [5, 5.41) is 21.0. The van der Waals surface area contributed by atoms with Crippen LogP contribution in [0.5, 0.6) is 5.75 Å². The Hall–Kier alpha value is -2.49. The lowest BCUT2D eigenvalue weighted by Crippen LogP contribution is -2.04. The third-order valence-corrected chi connectivity index (χ3v) is 4.86. The number of aliphatic hydroxyl groups is 2. The standard InChI is InChI=1S/C19H15F4NO3S/c20-15-5-12(7-25)17(13(6-15)8-26)27-9-16-10-28-18(24-16)11-1-3-14(4-2-11)19(21,22)23/h1-6,10,25-26H,7-9H2. The first-order valence-electron chi connectivity index (χ1n) is 8.09. The van der Waals surface area contributed by atoms with Crippen LogP contribution in [0.4, 0.5) is 17.6 Å². The first-order chi connectivity index (χ1) is 13.3. The minimum atomic E-state index is -4.40. The highest BCUT2D eigenvalue weighted by atomic mass is 32.1. The van der Waals surface area contributed by atoms with Crippen molar-refractivity contribution in [2.24, 2.45) is 0 Å². The van der Waals surface area contributed by atoms with E-state index in [0.717, 1.165) is 24.3 Å². The Morgan fingerprint density at radius 1 is 1.00 bits per heavy atom. The summed E-state index contributed by atoms with van der Waals surface area (Å²) in [7, 11) is 0. The third kappa shape index (κ3) is 4.49. The summed E-state index contributed by atoms with van der Waals surface area (Å²) < 4.78 is 57.0. The summed E-state index contributed by atoms with van der Waals surface area (Å²) in [6, 6.07) is 6.91. The third-order valence-electron chi connectivity index (χ3n) is 3.92. The summed E-state index contributed by atoms with van der Waals surface area (Å²) in [4.78, 5) is 4.33. The van der Waals surface area contributed by atoms with Gasteiger partial charge in [-0.3, -0.25) is 0 Å². The molecule has 0 saturated carbocycles. The molecular formula is C19H15F4NO3S. The minimum absolute atomic E-state index is 0.0111. The van der Waals surface area contributed by atoms with Gasteiger partial charge in [-0.1, -0.05) is 12.1 Å². The van der Waals surface area contributed by atoms with Crippen molar-refractivity contribution in [2.75, 3.05) is 0 Å². The van der Waals surface area contributed by atoms with E-state index in [1.807, 2.05) is 0 Å². The minimum Gasteiger partial charge on any atom is -0.487 e. The second-order valence-electron chi connectivity index (χ2n) is 5.88. The van der Waals surface area contributed by atoms with Crippen LogP contribution in [0.15, 0.2) is 41.8 Å². The van der Waals surface area contributed by atoms with Gasteiger partial charge in [0, 0.05) is 22.1 Å². The second kappa shape index (κ2) is 8.26. The van der Waals surface area contributed by atoms with Crippen LogP contribution >= 0.6 is 11.3 Å². The van der Waals surface area contributed by atoms with Crippen LogP contribution < -0.4 is 4.74 Å². The van der Waals surface area contributed by atoms with Crippen molar-refractivity contribution in [3.8, 4) is 16.3 Å². The fraction of sp³-hybridized carbons (Fsp3) is 0.211. The lowest BCUT2D eigenvalue weighted by molar-refractivity contribution is -0.137. The van der Waals surface area contributed by atoms with Gasteiger partial charge in [-0.2, -0.15) is 13.2 Å². The number of hydrogen-bond acceptors (Lipinski definition) is 5. The van der Waals surface area contributed by atoms with Crippen LogP contribution in [-0.4, -0.2) is 15.2 Å². The fourth-order valence-corrected chi connectivity index (χ4v) is 3.40. The number of alkyl halides is 3. The zero-order valence-corrected chi connectivity index (χ0v) is 15.1. The largest absolute Gasteiger partial charge is 0.487 e. The molecule has 0 atom stereocenters. The number of halogens is 4. The Morgan fingerprint density at radius 2 is 1.61 bits per heavy atom. The van der Waals surface area contributed by atoms with Crippen molar-refractivity contribution in [1.29, 1.82) is 0 Å². The summed E-state index contributed by atoms with van der Waals surface area (Å²) in [5.41, 5.74) is 0.709. The van der Waals surface area contributed by atoms with E-state index >= 15 is 0 Å². The zero-order chi connectivity index (χ0) is 20.3. The Kier molecular flexibility index (Phi) is 5.97. The number of aliphatic hydroxyl groups excluding tert-OH is 2. The Balaban J connectivity index is 1.76. The zero-order valence-electron chi connectivity index (χ0n) is 14.3. The van der Waals surface area contributed by atoms with Crippen LogP contribution in [0, 0.1) is 5.82 Å². The number of ether oxygens (including phenoxy) is 1. The SMILES string of the molecule is OCc1cc(F)cc(CO)c1OCc1csc(-c2ccc(C(F)(F)F)cc2)n1. The highest BCUT2D eigenvalue weighted by Gasteiger charge is 2.30. The van der Waals surface area contributed by atoms with Gasteiger partial charge in [-0.05, 0) is 24.3 Å². The van der Waals surface area contributed by atoms with Gasteiger partial charge in [-0.25, -0.2) is 9.37 Å². The molecule has 28 heavy (non-hydrogen) atoms. The van der Waals surface area contributed by atoms with Crippen LogP contribution in [0.3, 0.4) is 0 Å². The lowest BCUT2D eigenvalue weighted by Gasteiger charge is -2.13. The molecule has 0 unspecified atom stereocenters. The normalized spacial score (nSPS) is 11.6. The van der Waals surface area contributed by atoms with Gasteiger partial charge in [0.2, 0.25) is 0 Å². The van der Waals surface area contributed by atoms with Gasteiger partial charge < -0.3 is 14.9 Å². The number of thiazole rings is 1. The number of aromatic nitrogens is 1. The summed E-state index contributed by atoms with van der Waals surface area (Å²) >= 11 is 1.24. The molecule has 1 heterocycles. The molecule has 4 nitrogen and oxygen atoms in total. The first-order valence-corrected chi connectivity index (χ1v) is 8.97. The Morgan fingerprint density at radius 3 is 2.14 bits per heavy atom. The topological polar surface area (TPSA) is 62.6 Å². The number of hydrogen-bond donors (Lipinski definition) is 2. The van der Waals surface area contributed by atoms with E-state index in [9.17, 15) is 27.8 Å². The summed E-state index contributed by atoms with van der Waals surface area (Å²) in [6.45, 7) is -0.940. The molecule has 9 heteroatoms. The average Bonchev–Trinajstić information content (AvgIpc) is 3.14. The van der Waals surface area contributed by atoms with Gasteiger partial charge in [0.1, 0.15) is 23.2 Å². The molecule has 0 aliphatic heterocycles. The van der Waals surface area contributed by atoms with E-state index in [4.69, 9.17) is 4.74 Å². The smallest absolute Gasteiger partial charge is 0.416 e. The second-order valence-corrected chi connectivity index (χ2v) is 6.74. The summed E-state index contributed by atoms with van der Waals surface area (Å²) in [6.07, 6.45) is -4.40. The Labute approximate surface area is 161 Å². The van der Waals surface area contributed by atoms with Crippen molar-refractivity contribution >= 4 is 11.3 Å². The van der Waals surface area contributed by atoms with Gasteiger partial charge in [0.05, 0.1) is 24.5 Å². The van der Waals surface area contributed by atoms with Crippen molar-refractivity contribution in [2.45, 2.75) is 26.0 Å². The molecule has 0 aliphatic rings. The maximum atomic E-state index is 13.5. The van der Waals surface area contributed by atoms with Gasteiger partial charge >= 0.3 is 6.18 Å². The van der Waals surface area contributed by atoms with E-state index < -0.39 is 30.8 Å². The molecule has 3 rings (SSSR count). The molecule has 0 aliphatic carbocycles. The fourth-order valence-electron chi connectivity index (χ4n) is 2.59. The van der Waals surface area contributed by atoms with E-state index in [-0.39, 0.29) is 23.5 Å². The maximum Gasteiger partial charge on any atom is 0.416 e. The predicted molar refractivity (Wildman–Crippen MR) is 95.1 cm³/mol. The predicted octanol–water partition coefficient (Wildman–Crippen LogP) is 4.53. The van der Waals surface area contributed by atoms with Crippen molar-refractivity contribution in [3.05, 3.63) is 70.0 Å². The van der Waals surface area contributed by atoms with Crippen molar-refractivity contribution < 1.29 is 32.5 Å². The van der Waals surface area contributed by atoms with E-state index in [2.05, 4.69) is 4.98 Å². The molecule has 0 radical (unpaired) electrons. The number of benzene rings is 2. The Bertz CT molecular complexity index is 930. The van der Waals surface area contributed by atoms with Crippen LogP contribution in [0.25, 0.3) is 10.6 Å². The molecule has 2 aromatic carbocycles. The lowest BCUT2D eigenvalue weighted by atomic mass is 10.1. The number of nitrogens with zero attached hydrogens (tertiary/aromatic N) is 1. The molecule has 2 N–H and O–H groups in total. The van der Waals surface area contributed by atoms with Gasteiger partial charge in [-0.15, -0.1) is 11.3 Å².